The maximum absolute atomic E-state index is 12.4. The van der Waals surface area contributed by atoms with Gasteiger partial charge in [0.05, 0.1) is 25.2 Å². The standard InChI is InChI=1S/C18H26N4O4/c1-4-13(10-22-6-8-24-9-7-22)21-16-15-14(18(23)25-5-2)12(3)26-17(15)20-11-19-16/h11,13H,4-10H2,1-3H3,(H,19,20,21)/t13-/m1/s1. The first-order valence-electron chi connectivity index (χ1n) is 9.11. The molecule has 1 atom stereocenters. The number of anilines is 1. The Balaban J connectivity index is 1.87. The SMILES string of the molecule is CCOC(=O)c1c(C)oc2ncnc(N[C@H](CC)CN3CCOCC3)c12. The zero-order valence-electron chi connectivity index (χ0n) is 15.6. The minimum absolute atomic E-state index is 0.191. The van der Waals surface area contributed by atoms with Crippen molar-refractivity contribution in [3.63, 3.8) is 0 Å². The van der Waals surface area contributed by atoms with E-state index in [2.05, 4.69) is 27.1 Å². The summed E-state index contributed by atoms with van der Waals surface area (Å²) in [6, 6.07) is 0.191. The van der Waals surface area contributed by atoms with Gasteiger partial charge in [-0.1, -0.05) is 6.92 Å². The zero-order chi connectivity index (χ0) is 18.5. The first-order valence-corrected chi connectivity index (χ1v) is 9.11. The van der Waals surface area contributed by atoms with Gasteiger partial charge in [0, 0.05) is 25.7 Å². The number of nitrogens with zero attached hydrogens (tertiary/aromatic N) is 3. The quantitative estimate of drug-likeness (QED) is 0.750. The lowest BCUT2D eigenvalue weighted by molar-refractivity contribution is 0.0360. The van der Waals surface area contributed by atoms with Gasteiger partial charge >= 0.3 is 5.97 Å². The number of hydrogen-bond acceptors (Lipinski definition) is 8. The van der Waals surface area contributed by atoms with E-state index in [1.54, 1.807) is 13.8 Å². The molecule has 3 rings (SSSR count). The third-order valence-electron chi connectivity index (χ3n) is 4.56. The number of hydrogen-bond donors (Lipinski definition) is 1. The van der Waals surface area contributed by atoms with Gasteiger partial charge in [-0.2, -0.15) is 0 Å². The minimum atomic E-state index is -0.414. The number of nitrogens with one attached hydrogen (secondary N) is 1. The van der Waals surface area contributed by atoms with Gasteiger partial charge < -0.3 is 19.2 Å². The molecule has 0 amide bonds. The Hall–Kier alpha value is -2.19. The molecule has 0 spiro atoms. The summed E-state index contributed by atoms with van der Waals surface area (Å²) in [6.07, 6.45) is 2.37. The molecule has 1 fully saturated rings. The van der Waals surface area contributed by atoms with Crippen LogP contribution in [0.5, 0.6) is 0 Å². The minimum Gasteiger partial charge on any atom is -0.462 e. The van der Waals surface area contributed by atoms with Crippen LogP contribution in [0.2, 0.25) is 0 Å². The van der Waals surface area contributed by atoms with Crippen LogP contribution in [0.15, 0.2) is 10.7 Å². The molecule has 0 saturated carbocycles. The van der Waals surface area contributed by atoms with E-state index in [4.69, 9.17) is 13.9 Å². The molecule has 142 valence electrons. The Morgan fingerprint density at radius 3 is 2.81 bits per heavy atom. The summed E-state index contributed by atoms with van der Waals surface area (Å²) in [6.45, 7) is 10.2. The number of ether oxygens (including phenoxy) is 2. The third-order valence-corrected chi connectivity index (χ3v) is 4.56. The topological polar surface area (TPSA) is 89.7 Å². The second-order valence-electron chi connectivity index (χ2n) is 6.32. The van der Waals surface area contributed by atoms with E-state index >= 15 is 0 Å². The van der Waals surface area contributed by atoms with Gasteiger partial charge in [-0.15, -0.1) is 0 Å². The molecule has 0 aliphatic carbocycles. The van der Waals surface area contributed by atoms with Gasteiger partial charge in [0.15, 0.2) is 0 Å². The predicted octanol–water partition coefficient (Wildman–Crippen LogP) is 2.23. The fraction of sp³-hybridized carbons (Fsp3) is 0.611. The van der Waals surface area contributed by atoms with Crippen LogP contribution >= 0.6 is 0 Å². The number of fused-ring (bicyclic) bond motifs is 1. The molecule has 1 N–H and O–H groups in total. The zero-order valence-corrected chi connectivity index (χ0v) is 15.6. The second kappa shape index (κ2) is 8.46. The number of aromatic nitrogens is 2. The normalized spacial score (nSPS) is 16.6. The maximum Gasteiger partial charge on any atom is 0.342 e. The summed E-state index contributed by atoms with van der Waals surface area (Å²) in [5.74, 6) is 0.682. The van der Waals surface area contributed by atoms with Crippen molar-refractivity contribution in [3.05, 3.63) is 17.7 Å². The lowest BCUT2D eigenvalue weighted by Crippen LogP contribution is -2.43. The Morgan fingerprint density at radius 1 is 1.35 bits per heavy atom. The van der Waals surface area contributed by atoms with E-state index in [9.17, 15) is 4.79 Å². The maximum atomic E-state index is 12.4. The molecule has 1 saturated heterocycles. The van der Waals surface area contributed by atoms with Crippen LogP contribution in [0.4, 0.5) is 5.82 Å². The van der Waals surface area contributed by atoms with Crippen LogP contribution < -0.4 is 5.32 Å². The van der Waals surface area contributed by atoms with E-state index in [1.807, 2.05) is 0 Å². The van der Waals surface area contributed by atoms with Crippen LogP contribution in [0.1, 0.15) is 36.4 Å². The largest absolute Gasteiger partial charge is 0.462 e. The molecule has 0 aromatic carbocycles. The average Bonchev–Trinajstić information content (AvgIpc) is 2.99. The van der Waals surface area contributed by atoms with Gasteiger partial charge in [0.1, 0.15) is 23.5 Å². The van der Waals surface area contributed by atoms with Gasteiger partial charge in [-0.05, 0) is 20.3 Å². The first-order chi connectivity index (χ1) is 12.6. The highest BCUT2D eigenvalue weighted by Gasteiger charge is 2.25. The van der Waals surface area contributed by atoms with Gasteiger partial charge in [-0.3, -0.25) is 4.90 Å². The highest BCUT2D eigenvalue weighted by atomic mass is 16.5. The van der Waals surface area contributed by atoms with Crippen molar-refractivity contribution in [1.29, 1.82) is 0 Å². The van der Waals surface area contributed by atoms with Gasteiger partial charge in [0.2, 0.25) is 5.71 Å². The molecule has 0 bridgehead atoms. The van der Waals surface area contributed by atoms with E-state index in [0.29, 0.717) is 34.8 Å². The lowest BCUT2D eigenvalue weighted by Gasteiger charge is -2.30. The van der Waals surface area contributed by atoms with Crippen molar-refractivity contribution in [1.82, 2.24) is 14.9 Å². The van der Waals surface area contributed by atoms with Crippen LogP contribution in [-0.2, 0) is 9.47 Å². The van der Waals surface area contributed by atoms with Crippen LogP contribution in [0.25, 0.3) is 11.1 Å². The van der Waals surface area contributed by atoms with E-state index < -0.39 is 5.97 Å². The lowest BCUT2D eigenvalue weighted by atomic mass is 10.1. The summed E-state index contributed by atoms with van der Waals surface area (Å²) in [7, 11) is 0. The second-order valence-corrected chi connectivity index (χ2v) is 6.32. The molecule has 26 heavy (non-hydrogen) atoms. The highest BCUT2D eigenvalue weighted by molar-refractivity contribution is 6.07. The number of carbonyl (C=O) groups is 1. The summed E-state index contributed by atoms with van der Waals surface area (Å²) < 4.78 is 16.2. The number of furan rings is 1. The summed E-state index contributed by atoms with van der Waals surface area (Å²) in [5.41, 5.74) is 0.787. The average molecular weight is 362 g/mol. The fourth-order valence-corrected chi connectivity index (χ4v) is 3.17. The van der Waals surface area contributed by atoms with E-state index in [-0.39, 0.29) is 6.04 Å². The van der Waals surface area contributed by atoms with Crippen molar-refractivity contribution in [3.8, 4) is 0 Å². The molecule has 8 heteroatoms. The van der Waals surface area contributed by atoms with Crippen molar-refractivity contribution >= 4 is 22.9 Å². The van der Waals surface area contributed by atoms with Crippen LogP contribution in [-0.4, -0.2) is 66.3 Å². The number of morpholine rings is 1. The van der Waals surface area contributed by atoms with Crippen molar-refractivity contribution < 1.29 is 18.7 Å². The molecule has 0 radical (unpaired) electrons. The molecule has 1 aliphatic rings. The Labute approximate surface area is 152 Å². The number of aryl methyl sites for hydroxylation is 1. The van der Waals surface area contributed by atoms with Gasteiger partial charge in [-0.25, -0.2) is 14.8 Å². The van der Waals surface area contributed by atoms with E-state index in [1.165, 1.54) is 6.33 Å². The predicted molar refractivity (Wildman–Crippen MR) is 97.5 cm³/mol. The monoisotopic (exact) mass is 362 g/mol. The van der Waals surface area contributed by atoms with Crippen molar-refractivity contribution in [2.24, 2.45) is 0 Å². The van der Waals surface area contributed by atoms with Crippen molar-refractivity contribution in [2.45, 2.75) is 33.2 Å². The molecule has 2 aromatic rings. The number of rotatable bonds is 7. The Bertz CT molecular complexity index is 755. The Morgan fingerprint density at radius 2 is 2.12 bits per heavy atom. The molecule has 2 aromatic heterocycles. The Kier molecular flexibility index (Phi) is 6.05. The summed E-state index contributed by atoms with van der Waals surface area (Å²) in [5, 5.41) is 4.06. The summed E-state index contributed by atoms with van der Waals surface area (Å²) >= 11 is 0. The van der Waals surface area contributed by atoms with E-state index in [0.717, 1.165) is 39.3 Å². The van der Waals surface area contributed by atoms with Gasteiger partial charge in [0.25, 0.3) is 0 Å². The number of esters is 1. The van der Waals surface area contributed by atoms with Crippen molar-refractivity contribution in [2.75, 3.05) is 44.8 Å². The van der Waals surface area contributed by atoms with Crippen LogP contribution in [0, 0.1) is 6.92 Å². The molecule has 0 unspecified atom stereocenters. The van der Waals surface area contributed by atoms with Crippen LogP contribution in [0.3, 0.4) is 0 Å². The molecular formula is C18H26N4O4. The molecule has 8 nitrogen and oxygen atoms in total. The molecule has 3 heterocycles. The fourth-order valence-electron chi connectivity index (χ4n) is 3.17. The summed E-state index contributed by atoms with van der Waals surface area (Å²) in [4.78, 5) is 23.3. The highest BCUT2D eigenvalue weighted by Crippen LogP contribution is 2.30. The first kappa shape index (κ1) is 18.6. The molecule has 1 aliphatic heterocycles. The third kappa shape index (κ3) is 3.96. The molecular weight excluding hydrogens is 336 g/mol. The number of carbonyl (C=O) groups excluding carboxylic acids is 1. The smallest absolute Gasteiger partial charge is 0.342 e.